The number of methoxy groups -OCH3 is 2. The van der Waals surface area contributed by atoms with E-state index in [1.807, 2.05) is 91.0 Å². The van der Waals surface area contributed by atoms with Crippen LogP contribution in [0.2, 0.25) is 0 Å². The first-order valence-corrected chi connectivity index (χ1v) is 16.0. The Kier molecular flexibility index (Phi) is 10.8. The number of aliphatic hydroxyl groups is 1. The standard InChI is InChI=1S/C35H34Br2N2O6/c1-42-30-17-8-23(20-31(30)43-2)22-38-34(41)35(21-26-6-3-4-7-29(26)37)32(24-9-13-27(36)14-10-24)45-33(39-35)25-11-15-28(16-12-25)44-19-5-18-40/h3-4,6-17,20,32,40H,5,18-19,21-22H2,1-2H3,(H,38,41)/t32-,35-/m1/s1. The van der Waals surface area contributed by atoms with Crippen LogP contribution in [0.25, 0.3) is 0 Å². The van der Waals surface area contributed by atoms with Crippen molar-refractivity contribution in [1.29, 1.82) is 0 Å². The highest BCUT2D eigenvalue weighted by Gasteiger charge is 2.53. The second kappa shape index (κ2) is 14.9. The zero-order valence-electron chi connectivity index (χ0n) is 25.0. The summed E-state index contributed by atoms with van der Waals surface area (Å²) in [6.07, 6.45) is 0.0971. The summed E-state index contributed by atoms with van der Waals surface area (Å²) in [6.45, 7) is 0.719. The molecule has 1 aliphatic heterocycles. The molecule has 5 rings (SSSR count). The van der Waals surface area contributed by atoms with Crippen LogP contribution in [-0.4, -0.2) is 49.9 Å². The number of halogens is 2. The Morgan fingerprint density at radius 3 is 2.38 bits per heavy atom. The Balaban J connectivity index is 1.55. The molecule has 1 heterocycles. The predicted octanol–water partition coefficient (Wildman–Crippen LogP) is 6.81. The summed E-state index contributed by atoms with van der Waals surface area (Å²) in [5.41, 5.74) is 1.95. The number of nitrogens with zero attached hydrogens (tertiary/aromatic N) is 1. The number of carbonyl (C=O) groups is 1. The molecule has 0 aliphatic carbocycles. The number of nitrogens with one attached hydrogen (secondary N) is 1. The largest absolute Gasteiger partial charge is 0.494 e. The van der Waals surface area contributed by atoms with E-state index in [9.17, 15) is 4.79 Å². The molecule has 2 N–H and O–H groups in total. The molecule has 1 aliphatic rings. The smallest absolute Gasteiger partial charge is 0.252 e. The topological polar surface area (TPSA) is 98.6 Å². The minimum atomic E-state index is -1.35. The minimum Gasteiger partial charge on any atom is -0.494 e. The van der Waals surface area contributed by atoms with Crippen molar-refractivity contribution in [3.63, 3.8) is 0 Å². The van der Waals surface area contributed by atoms with Gasteiger partial charge in [0.25, 0.3) is 5.91 Å². The van der Waals surface area contributed by atoms with Crippen LogP contribution in [0.1, 0.15) is 34.8 Å². The van der Waals surface area contributed by atoms with Gasteiger partial charge in [-0.3, -0.25) is 4.79 Å². The van der Waals surface area contributed by atoms with E-state index in [0.717, 1.165) is 25.6 Å². The van der Waals surface area contributed by atoms with Gasteiger partial charge in [0.05, 0.1) is 20.8 Å². The summed E-state index contributed by atoms with van der Waals surface area (Å²) >= 11 is 7.20. The summed E-state index contributed by atoms with van der Waals surface area (Å²) in [7, 11) is 3.16. The van der Waals surface area contributed by atoms with E-state index >= 15 is 0 Å². The second-order valence-corrected chi connectivity index (χ2v) is 12.3. The number of hydrogen-bond donors (Lipinski definition) is 2. The van der Waals surface area contributed by atoms with E-state index in [-0.39, 0.29) is 25.5 Å². The molecule has 0 saturated carbocycles. The third kappa shape index (κ3) is 7.52. The maximum absolute atomic E-state index is 14.5. The van der Waals surface area contributed by atoms with Gasteiger partial charge in [0.2, 0.25) is 5.90 Å². The first kappa shape index (κ1) is 32.5. The Hall–Kier alpha value is -3.86. The third-order valence-corrected chi connectivity index (χ3v) is 8.82. The van der Waals surface area contributed by atoms with Crippen LogP contribution >= 0.6 is 31.9 Å². The molecular formula is C35H34Br2N2O6. The maximum Gasteiger partial charge on any atom is 0.252 e. The van der Waals surface area contributed by atoms with Crippen molar-refractivity contribution in [2.24, 2.45) is 4.99 Å². The van der Waals surface area contributed by atoms with Crippen LogP contribution < -0.4 is 19.5 Å². The van der Waals surface area contributed by atoms with Gasteiger partial charge >= 0.3 is 0 Å². The molecule has 0 bridgehead atoms. The molecule has 0 spiro atoms. The second-order valence-electron chi connectivity index (χ2n) is 10.5. The van der Waals surface area contributed by atoms with Crippen LogP contribution in [0.5, 0.6) is 17.2 Å². The number of carbonyl (C=O) groups excluding carboxylic acids is 1. The lowest BCUT2D eigenvalue weighted by molar-refractivity contribution is -0.129. The monoisotopic (exact) mass is 736 g/mol. The number of aliphatic hydroxyl groups excluding tert-OH is 1. The molecule has 2 atom stereocenters. The molecule has 0 radical (unpaired) electrons. The van der Waals surface area contributed by atoms with Crippen LogP contribution in [0, 0.1) is 0 Å². The Bertz CT molecular complexity index is 1650. The number of ether oxygens (including phenoxy) is 4. The van der Waals surface area contributed by atoms with Gasteiger partial charge in [-0.25, -0.2) is 4.99 Å². The fraction of sp³-hybridized carbons (Fsp3) is 0.257. The Morgan fingerprint density at radius 2 is 1.69 bits per heavy atom. The fourth-order valence-corrected chi connectivity index (χ4v) is 5.87. The van der Waals surface area contributed by atoms with Crippen molar-refractivity contribution in [3.05, 3.63) is 122 Å². The highest BCUT2D eigenvalue weighted by Crippen LogP contribution is 2.43. The summed E-state index contributed by atoms with van der Waals surface area (Å²) in [6, 6.07) is 28.5. The maximum atomic E-state index is 14.5. The van der Waals surface area contributed by atoms with Gasteiger partial charge in [-0.1, -0.05) is 68.3 Å². The van der Waals surface area contributed by atoms with Gasteiger partial charge in [-0.05, 0) is 71.3 Å². The third-order valence-electron chi connectivity index (χ3n) is 7.52. The van der Waals surface area contributed by atoms with Gasteiger partial charge < -0.3 is 29.4 Å². The van der Waals surface area contributed by atoms with Crippen molar-refractivity contribution in [2.75, 3.05) is 27.4 Å². The zero-order chi connectivity index (χ0) is 31.8. The average molecular weight is 738 g/mol. The van der Waals surface area contributed by atoms with Crippen molar-refractivity contribution in [1.82, 2.24) is 5.32 Å². The molecule has 4 aromatic rings. The molecule has 0 aromatic heterocycles. The van der Waals surface area contributed by atoms with E-state index in [1.165, 1.54) is 0 Å². The quantitative estimate of drug-likeness (QED) is 0.147. The van der Waals surface area contributed by atoms with Gasteiger partial charge in [0, 0.05) is 40.5 Å². The van der Waals surface area contributed by atoms with Gasteiger partial charge in [-0.2, -0.15) is 0 Å². The van der Waals surface area contributed by atoms with E-state index in [1.54, 1.807) is 14.2 Å². The van der Waals surface area contributed by atoms with Crippen LogP contribution in [-0.2, 0) is 22.5 Å². The number of aliphatic imine (C=N–C) groups is 1. The normalized spacial score (nSPS) is 17.3. The summed E-state index contributed by atoms with van der Waals surface area (Å²) in [5, 5.41) is 12.2. The first-order chi connectivity index (χ1) is 21.9. The number of amides is 1. The van der Waals surface area contributed by atoms with Crippen LogP contribution in [0.15, 0.2) is 105 Å². The average Bonchev–Trinajstić information content (AvgIpc) is 3.45. The summed E-state index contributed by atoms with van der Waals surface area (Å²) < 4.78 is 25.0. The predicted molar refractivity (Wildman–Crippen MR) is 180 cm³/mol. The highest BCUT2D eigenvalue weighted by molar-refractivity contribution is 9.10. The number of benzene rings is 4. The van der Waals surface area contributed by atoms with Crippen LogP contribution in [0.4, 0.5) is 0 Å². The molecule has 0 fully saturated rings. The molecule has 8 nitrogen and oxygen atoms in total. The number of hydrogen-bond acceptors (Lipinski definition) is 7. The molecule has 1 amide bonds. The van der Waals surface area contributed by atoms with E-state index in [2.05, 4.69) is 37.2 Å². The Labute approximate surface area is 279 Å². The lowest BCUT2D eigenvalue weighted by Crippen LogP contribution is -2.49. The molecule has 234 valence electrons. The summed E-state index contributed by atoms with van der Waals surface area (Å²) in [4.78, 5) is 19.7. The van der Waals surface area contributed by atoms with Crippen molar-refractivity contribution in [2.45, 2.75) is 31.0 Å². The molecular weight excluding hydrogens is 704 g/mol. The SMILES string of the molecule is COc1ccc(CNC(=O)[C@]2(Cc3ccccc3Br)N=C(c3ccc(OCCCO)cc3)O[C@@H]2c2ccc(Br)cc2)cc1OC. The first-order valence-electron chi connectivity index (χ1n) is 14.5. The lowest BCUT2D eigenvalue weighted by atomic mass is 9.82. The van der Waals surface area contributed by atoms with Crippen LogP contribution in [0.3, 0.4) is 0 Å². The molecule has 45 heavy (non-hydrogen) atoms. The van der Waals surface area contributed by atoms with Crippen molar-refractivity contribution >= 4 is 43.7 Å². The highest BCUT2D eigenvalue weighted by atomic mass is 79.9. The zero-order valence-corrected chi connectivity index (χ0v) is 28.1. The van der Waals surface area contributed by atoms with E-state index in [4.69, 9.17) is 29.0 Å². The summed E-state index contributed by atoms with van der Waals surface area (Å²) in [5.74, 6) is 1.94. The molecule has 0 unspecified atom stereocenters. The van der Waals surface area contributed by atoms with Gasteiger partial charge in [-0.15, -0.1) is 0 Å². The minimum absolute atomic E-state index is 0.0634. The van der Waals surface area contributed by atoms with Crippen molar-refractivity contribution < 1.29 is 28.8 Å². The van der Waals surface area contributed by atoms with Gasteiger partial charge in [0.1, 0.15) is 5.75 Å². The van der Waals surface area contributed by atoms with Crippen molar-refractivity contribution in [3.8, 4) is 17.2 Å². The number of rotatable bonds is 13. The Morgan fingerprint density at radius 1 is 0.956 bits per heavy atom. The molecule has 0 saturated heterocycles. The lowest BCUT2D eigenvalue weighted by Gasteiger charge is -2.31. The van der Waals surface area contributed by atoms with E-state index in [0.29, 0.717) is 41.7 Å². The van der Waals surface area contributed by atoms with Gasteiger partial charge in [0.15, 0.2) is 23.1 Å². The van der Waals surface area contributed by atoms with E-state index < -0.39 is 11.6 Å². The fourth-order valence-electron chi connectivity index (χ4n) is 5.18. The molecule has 4 aromatic carbocycles. The molecule has 10 heteroatoms.